The minimum Gasteiger partial charge on any atom is -0.471 e. The number of nitrogens with zero attached hydrogens (tertiary/aromatic N) is 4. The van der Waals surface area contributed by atoms with Gasteiger partial charge < -0.3 is 24.0 Å². The van der Waals surface area contributed by atoms with Gasteiger partial charge in [0, 0.05) is 57.4 Å². The molecule has 3 fully saturated rings. The van der Waals surface area contributed by atoms with Crippen LogP contribution in [-0.4, -0.2) is 79.5 Å². The van der Waals surface area contributed by atoms with Gasteiger partial charge in [0.15, 0.2) is 0 Å². The van der Waals surface area contributed by atoms with Gasteiger partial charge in [-0.3, -0.25) is 4.79 Å². The highest BCUT2D eigenvalue weighted by atomic mass is 16.5. The molecule has 1 unspecified atom stereocenters. The molecule has 3 aliphatic rings. The Labute approximate surface area is 176 Å². The number of carbonyl (C=O) groups excluding carboxylic acids is 1. The van der Waals surface area contributed by atoms with Crippen LogP contribution >= 0.6 is 0 Å². The van der Waals surface area contributed by atoms with E-state index >= 15 is 0 Å². The first kappa shape index (κ1) is 19.5. The number of hydrogen-bond acceptors (Lipinski definition) is 7. The maximum Gasteiger partial charge on any atom is 0.225 e. The standard InChI is InChI=1S/C22H28N4O4/c27-22(16-3-10-28-11-4-16)26-8-6-25(7-9-26)17-1-2-20-19(13-17)21(24-15-23-20)30-18-5-12-29-14-18/h1-2,13,15-16,18H,3-12,14H2. The van der Waals surface area contributed by atoms with E-state index in [2.05, 4.69) is 27.0 Å². The fourth-order valence-corrected chi connectivity index (χ4v) is 4.46. The molecule has 3 aliphatic heterocycles. The van der Waals surface area contributed by atoms with Crippen molar-refractivity contribution in [3.05, 3.63) is 24.5 Å². The molecule has 3 saturated heterocycles. The minimum absolute atomic E-state index is 0.0477. The summed E-state index contributed by atoms with van der Waals surface area (Å²) in [6.07, 6.45) is 4.17. The van der Waals surface area contributed by atoms with Gasteiger partial charge in [0.25, 0.3) is 0 Å². The van der Waals surface area contributed by atoms with Crippen molar-refractivity contribution in [3.63, 3.8) is 0 Å². The Morgan fingerprint density at radius 3 is 2.57 bits per heavy atom. The van der Waals surface area contributed by atoms with Crippen LogP contribution in [-0.2, 0) is 14.3 Å². The average molecular weight is 412 g/mol. The maximum atomic E-state index is 12.8. The van der Waals surface area contributed by atoms with Crippen LogP contribution in [0.4, 0.5) is 5.69 Å². The lowest BCUT2D eigenvalue weighted by Crippen LogP contribution is -2.51. The Hall–Kier alpha value is -2.45. The summed E-state index contributed by atoms with van der Waals surface area (Å²) in [5.74, 6) is 1.03. The Morgan fingerprint density at radius 1 is 1.00 bits per heavy atom. The number of benzene rings is 1. The van der Waals surface area contributed by atoms with Crippen molar-refractivity contribution in [1.29, 1.82) is 0 Å². The Morgan fingerprint density at radius 2 is 1.80 bits per heavy atom. The molecule has 1 amide bonds. The van der Waals surface area contributed by atoms with Crippen LogP contribution in [0.25, 0.3) is 10.9 Å². The zero-order chi connectivity index (χ0) is 20.3. The fraction of sp³-hybridized carbons (Fsp3) is 0.591. The van der Waals surface area contributed by atoms with Gasteiger partial charge in [-0.15, -0.1) is 0 Å². The van der Waals surface area contributed by atoms with Crippen LogP contribution in [0, 0.1) is 5.92 Å². The SMILES string of the molecule is O=C(C1CCOCC1)N1CCN(c2ccc3ncnc(OC4CCOC4)c3c2)CC1. The van der Waals surface area contributed by atoms with Crippen molar-refractivity contribution in [1.82, 2.24) is 14.9 Å². The highest BCUT2D eigenvalue weighted by molar-refractivity contribution is 5.87. The van der Waals surface area contributed by atoms with E-state index in [-0.39, 0.29) is 12.0 Å². The molecule has 0 aliphatic carbocycles. The van der Waals surface area contributed by atoms with Crippen LogP contribution in [0.1, 0.15) is 19.3 Å². The lowest BCUT2D eigenvalue weighted by Gasteiger charge is -2.38. The smallest absolute Gasteiger partial charge is 0.225 e. The molecular formula is C22H28N4O4. The van der Waals surface area contributed by atoms with Gasteiger partial charge in [0.1, 0.15) is 12.4 Å². The molecule has 5 rings (SSSR count). The Bertz CT molecular complexity index is 888. The first-order valence-corrected chi connectivity index (χ1v) is 10.9. The molecule has 0 saturated carbocycles. The van der Waals surface area contributed by atoms with Gasteiger partial charge in [0.05, 0.1) is 24.1 Å². The second-order valence-corrected chi connectivity index (χ2v) is 8.18. The largest absolute Gasteiger partial charge is 0.471 e. The van der Waals surface area contributed by atoms with Crippen molar-refractivity contribution in [3.8, 4) is 5.88 Å². The van der Waals surface area contributed by atoms with E-state index in [1.54, 1.807) is 6.33 Å². The monoisotopic (exact) mass is 412 g/mol. The number of rotatable bonds is 4. The molecule has 8 heteroatoms. The molecule has 2 aromatic rings. The van der Waals surface area contributed by atoms with E-state index in [4.69, 9.17) is 14.2 Å². The van der Waals surface area contributed by atoms with E-state index in [1.807, 2.05) is 11.0 Å². The van der Waals surface area contributed by atoms with E-state index in [9.17, 15) is 4.79 Å². The summed E-state index contributed by atoms with van der Waals surface area (Å²) in [6.45, 7) is 5.89. The third-order valence-electron chi connectivity index (χ3n) is 6.28. The summed E-state index contributed by atoms with van der Waals surface area (Å²) in [5.41, 5.74) is 1.99. The number of carbonyl (C=O) groups is 1. The van der Waals surface area contributed by atoms with Crippen molar-refractivity contribution in [2.75, 3.05) is 57.5 Å². The minimum atomic E-state index is 0.0477. The normalized spacial score (nSPS) is 23.1. The third-order valence-corrected chi connectivity index (χ3v) is 6.28. The molecule has 0 radical (unpaired) electrons. The van der Waals surface area contributed by atoms with E-state index in [1.165, 1.54) is 0 Å². The van der Waals surface area contributed by atoms with Crippen LogP contribution in [0.5, 0.6) is 5.88 Å². The molecular weight excluding hydrogens is 384 g/mol. The van der Waals surface area contributed by atoms with Crippen molar-refractivity contribution < 1.29 is 19.0 Å². The number of fused-ring (bicyclic) bond motifs is 1. The highest BCUT2D eigenvalue weighted by Crippen LogP contribution is 2.29. The summed E-state index contributed by atoms with van der Waals surface area (Å²) >= 11 is 0. The number of aromatic nitrogens is 2. The van der Waals surface area contributed by atoms with Crippen molar-refractivity contribution in [2.24, 2.45) is 5.92 Å². The molecule has 8 nitrogen and oxygen atoms in total. The lowest BCUT2D eigenvalue weighted by atomic mass is 9.98. The number of piperazine rings is 1. The van der Waals surface area contributed by atoms with Gasteiger partial charge in [-0.25, -0.2) is 9.97 Å². The van der Waals surface area contributed by atoms with Crippen LogP contribution < -0.4 is 9.64 Å². The second-order valence-electron chi connectivity index (χ2n) is 8.18. The zero-order valence-electron chi connectivity index (χ0n) is 17.2. The summed E-state index contributed by atoms with van der Waals surface area (Å²) in [5, 5.41) is 0.919. The Balaban J connectivity index is 1.27. The topological polar surface area (TPSA) is 77.0 Å². The second kappa shape index (κ2) is 8.73. The maximum absolute atomic E-state index is 12.8. The number of ether oxygens (including phenoxy) is 3. The predicted octanol–water partition coefficient (Wildman–Crippen LogP) is 1.87. The van der Waals surface area contributed by atoms with Gasteiger partial charge in [-0.1, -0.05) is 0 Å². The molecule has 0 spiro atoms. The predicted molar refractivity (Wildman–Crippen MR) is 112 cm³/mol. The van der Waals surface area contributed by atoms with E-state index < -0.39 is 0 Å². The fourth-order valence-electron chi connectivity index (χ4n) is 4.46. The van der Waals surface area contributed by atoms with Crippen molar-refractivity contribution in [2.45, 2.75) is 25.4 Å². The quantitative estimate of drug-likeness (QED) is 0.759. The molecule has 0 N–H and O–H groups in total. The first-order valence-electron chi connectivity index (χ1n) is 10.9. The molecule has 4 heterocycles. The summed E-state index contributed by atoms with van der Waals surface area (Å²) in [7, 11) is 0. The van der Waals surface area contributed by atoms with Gasteiger partial charge in [-0.2, -0.15) is 0 Å². The highest BCUT2D eigenvalue weighted by Gasteiger charge is 2.29. The van der Waals surface area contributed by atoms with Crippen LogP contribution in [0.3, 0.4) is 0 Å². The van der Waals surface area contributed by atoms with Gasteiger partial charge in [-0.05, 0) is 31.0 Å². The van der Waals surface area contributed by atoms with Crippen LogP contribution in [0.15, 0.2) is 24.5 Å². The molecule has 0 bridgehead atoms. The summed E-state index contributed by atoms with van der Waals surface area (Å²) in [4.78, 5) is 25.9. The molecule has 160 valence electrons. The third kappa shape index (κ3) is 4.06. The molecule has 1 aromatic heterocycles. The van der Waals surface area contributed by atoms with Crippen LogP contribution in [0.2, 0.25) is 0 Å². The molecule has 30 heavy (non-hydrogen) atoms. The summed E-state index contributed by atoms with van der Waals surface area (Å²) in [6, 6.07) is 6.22. The molecule has 1 atom stereocenters. The number of amides is 1. The van der Waals surface area contributed by atoms with E-state index in [0.717, 1.165) is 68.6 Å². The number of anilines is 1. The molecule has 1 aromatic carbocycles. The summed E-state index contributed by atoms with van der Waals surface area (Å²) < 4.78 is 16.9. The average Bonchev–Trinajstić information content (AvgIpc) is 3.32. The zero-order valence-corrected chi connectivity index (χ0v) is 17.2. The Kier molecular flexibility index (Phi) is 5.68. The lowest BCUT2D eigenvalue weighted by molar-refractivity contribution is -0.138. The van der Waals surface area contributed by atoms with Gasteiger partial charge >= 0.3 is 0 Å². The van der Waals surface area contributed by atoms with Gasteiger partial charge in [0.2, 0.25) is 11.8 Å². The van der Waals surface area contributed by atoms with Crippen molar-refractivity contribution >= 4 is 22.5 Å². The number of hydrogen-bond donors (Lipinski definition) is 0. The van der Waals surface area contributed by atoms with E-state index in [0.29, 0.717) is 31.6 Å². The first-order chi connectivity index (χ1) is 14.8.